The van der Waals surface area contributed by atoms with Gasteiger partial charge in [0.1, 0.15) is 0 Å². The molecule has 0 aliphatic heterocycles. The van der Waals surface area contributed by atoms with Crippen LogP contribution in [-0.2, 0) is 12.7 Å². The van der Waals surface area contributed by atoms with E-state index in [2.05, 4.69) is 10.3 Å². The maximum atomic E-state index is 12.0. The number of rotatable bonds is 2. The molecule has 0 aliphatic carbocycles. The summed E-state index contributed by atoms with van der Waals surface area (Å²) in [6, 6.07) is 2.39. The summed E-state index contributed by atoms with van der Waals surface area (Å²) >= 11 is 0. The molecule has 0 fully saturated rings. The first kappa shape index (κ1) is 13.9. The molecule has 0 aliphatic rings. The molecule has 0 spiro atoms. The Balaban J connectivity index is 0.000000921. The van der Waals surface area contributed by atoms with E-state index in [1.807, 2.05) is 13.8 Å². The monoisotopic (exact) mass is 220 g/mol. The minimum Gasteiger partial charge on any atom is -0.314 e. The van der Waals surface area contributed by atoms with E-state index in [-0.39, 0.29) is 0 Å². The van der Waals surface area contributed by atoms with Gasteiger partial charge in [0.25, 0.3) is 0 Å². The Labute approximate surface area is 87.5 Å². The molecule has 1 rings (SSSR count). The van der Waals surface area contributed by atoms with Crippen LogP contribution in [0.15, 0.2) is 18.3 Å². The van der Waals surface area contributed by atoms with Crippen molar-refractivity contribution in [2.75, 3.05) is 7.05 Å². The van der Waals surface area contributed by atoms with Gasteiger partial charge in [-0.05, 0) is 19.2 Å². The highest BCUT2D eigenvalue weighted by Gasteiger charge is 2.30. The Hall–Kier alpha value is -1.10. The smallest absolute Gasteiger partial charge is 0.314 e. The van der Waals surface area contributed by atoms with Crippen molar-refractivity contribution in [1.82, 2.24) is 10.3 Å². The third-order valence-corrected chi connectivity index (χ3v) is 1.51. The molecule has 5 heteroatoms. The van der Waals surface area contributed by atoms with Gasteiger partial charge in [0.15, 0.2) is 0 Å². The Bertz CT molecular complexity index is 267. The number of halogens is 3. The third kappa shape index (κ3) is 4.78. The van der Waals surface area contributed by atoms with Crippen LogP contribution in [0, 0.1) is 0 Å². The fourth-order valence-corrected chi connectivity index (χ4v) is 0.878. The normalized spacial score (nSPS) is 10.5. The molecule has 15 heavy (non-hydrogen) atoms. The van der Waals surface area contributed by atoms with E-state index >= 15 is 0 Å². The molecular weight excluding hydrogens is 205 g/mol. The molecule has 0 aromatic carbocycles. The molecule has 0 bridgehead atoms. The van der Waals surface area contributed by atoms with Crippen molar-refractivity contribution in [1.29, 1.82) is 0 Å². The van der Waals surface area contributed by atoms with Crippen molar-refractivity contribution in [3.05, 3.63) is 29.6 Å². The van der Waals surface area contributed by atoms with E-state index in [0.29, 0.717) is 12.2 Å². The maximum absolute atomic E-state index is 12.0. The molecular formula is C10H15F3N2. The zero-order valence-corrected chi connectivity index (χ0v) is 9.02. The first-order valence-electron chi connectivity index (χ1n) is 4.71. The van der Waals surface area contributed by atoms with Crippen LogP contribution in [-0.4, -0.2) is 12.0 Å². The van der Waals surface area contributed by atoms with E-state index in [9.17, 15) is 13.2 Å². The van der Waals surface area contributed by atoms with E-state index in [1.54, 1.807) is 7.05 Å². The lowest BCUT2D eigenvalue weighted by atomic mass is 10.2. The van der Waals surface area contributed by atoms with E-state index < -0.39 is 11.7 Å². The molecule has 0 saturated heterocycles. The van der Waals surface area contributed by atoms with Crippen LogP contribution in [0.2, 0.25) is 0 Å². The standard InChI is InChI=1S/C8H9F3N2.C2H6/c1-12-5-7-3-2-6(4-13-7)8(9,10)11;1-2/h2-4,12H,5H2,1H3;1-2H3. The molecule has 86 valence electrons. The summed E-state index contributed by atoms with van der Waals surface area (Å²) in [7, 11) is 1.71. The lowest BCUT2D eigenvalue weighted by Crippen LogP contribution is -2.09. The molecule has 1 N–H and O–H groups in total. The molecule has 2 nitrogen and oxygen atoms in total. The average molecular weight is 220 g/mol. The van der Waals surface area contributed by atoms with Gasteiger partial charge in [-0.25, -0.2) is 0 Å². The summed E-state index contributed by atoms with van der Waals surface area (Å²) < 4.78 is 36.1. The Morgan fingerprint density at radius 2 is 1.87 bits per heavy atom. The predicted molar refractivity (Wildman–Crippen MR) is 53.4 cm³/mol. The Kier molecular flexibility index (Phi) is 5.93. The zero-order valence-electron chi connectivity index (χ0n) is 9.02. The molecule has 1 aromatic rings. The number of nitrogens with zero attached hydrogens (tertiary/aromatic N) is 1. The van der Waals surface area contributed by atoms with Gasteiger partial charge >= 0.3 is 6.18 Å². The quantitative estimate of drug-likeness (QED) is 0.829. The number of aromatic nitrogens is 1. The summed E-state index contributed by atoms with van der Waals surface area (Å²) in [5.41, 5.74) is -0.122. The summed E-state index contributed by atoms with van der Waals surface area (Å²) in [5.74, 6) is 0. The molecule has 0 amide bonds. The summed E-state index contributed by atoms with van der Waals surface area (Å²) in [4.78, 5) is 3.65. The van der Waals surface area contributed by atoms with Crippen LogP contribution < -0.4 is 5.32 Å². The number of alkyl halides is 3. The fourth-order valence-electron chi connectivity index (χ4n) is 0.878. The molecule has 0 saturated carbocycles. The van der Waals surface area contributed by atoms with Crippen molar-refractivity contribution in [3.8, 4) is 0 Å². The van der Waals surface area contributed by atoms with Crippen LogP contribution in [0.5, 0.6) is 0 Å². The summed E-state index contributed by atoms with van der Waals surface area (Å²) in [6.45, 7) is 4.47. The average Bonchev–Trinajstić information content (AvgIpc) is 2.21. The number of hydrogen-bond acceptors (Lipinski definition) is 2. The van der Waals surface area contributed by atoms with E-state index in [0.717, 1.165) is 12.3 Å². The molecule has 0 unspecified atom stereocenters. The third-order valence-electron chi connectivity index (χ3n) is 1.51. The van der Waals surface area contributed by atoms with Crippen molar-refractivity contribution in [2.24, 2.45) is 0 Å². The van der Waals surface area contributed by atoms with Crippen LogP contribution in [0.4, 0.5) is 13.2 Å². The van der Waals surface area contributed by atoms with Crippen LogP contribution >= 0.6 is 0 Å². The zero-order chi connectivity index (χ0) is 11.9. The van der Waals surface area contributed by atoms with E-state index in [4.69, 9.17) is 0 Å². The second-order valence-electron chi connectivity index (χ2n) is 2.57. The highest BCUT2D eigenvalue weighted by molar-refractivity contribution is 5.16. The highest BCUT2D eigenvalue weighted by atomic mass is 19.4. The van der Waals surface area contributed by atoms with Gasteiger partial charge in [0.2, 0.25) is 0 Å². The first-order valence-corrected chi connectivity index (χ1v) is 4.71. The minimum atomic E-state index is -4.30. The molecule has 1 heterocycles. The predicted octanol–water partition coefficient (Wildman–Crippen LogP) is 2.85. The van der Waals surface area contributed by atoms with Crippen LogP contribution in [0.1, 0.15) is 25.1 Å². The van der Waals surface area contributed by atoms with Gasteiger partial charge in [-0.1, -0.05) is 13.8 Å². The molecule has 1 aromatic heterocycles. The Morgan fingerprint density at radius 1 is 1.27 bits per heavy atom. The van der Waals surface area contributed by atoms with Crippen molar-refractivity contribution in [3.63, 3.8) is 0 Å². The number of nitrogens with one attached hydrogen (secondary N) is 1. The van der Waals surface area contributed by atoms with Gasteiger partial charge in [0.05, 0.1) is 11.3 Å². The fraction of sp³-hybridized carbons (Fsp3) is 0.500. The number of pyridine rings is 1. The van der Waals surface area contributed by atoms with Crippen LogP contribution in [0.25, 0.3) is 0 Å². The molecule has 0 radical (unpaired) electrons. The maximum Gasteiger partial charge on any atom is 0.417 e. The summed E-state index contributed by atoms with van der Waals surface area (Å²) in [5, 5.41) is 2.80. The van der Waals surface area contributed by atoms with Crippen molar-refractivity contribution >= 4 is 0 Å². The first-order chi connectivity index (χ1) is 7.04. The van der Waals surface area contributed by atoms with Gasteiger partial charge in [-0.3, -0.25) is 4.98 Å². The van der Waals surface area contributed by atoms with Crippen molar-refractivity contribution < 1.29 is 13.2 Å². The van der Waals surface area contributed by atoms with Crippen molar-refractivity contribution in [2.45, 2.75) is 26.6 Å². The highest BCUT2D eigenvalue weighted by Crippen LogP contribution is 2.28. The second kappa shape index (κ2) is 6.40. The topological polar surface area (TPSA) is 24.9 Å². The second-order valence-corrected chi connectivity index (χ2v) is 2.57. The van der Waals surface area contributed by atoms with E-state index in [1.165, 1.54) is 6.07 Å². The largest absolute Gasteiger partial charge is 0.417 e. The van der Waals surface area contributed by atoms with Gasteiger partial charge in [-0.2, -0.15) is 13.2 Å². The van der Waals surface area contributed by atoms with Crippen LogP contribution in [0.3, 0.4) is 0 Å². The lowest BCUT2D eigenvalue weighted by molar-refractivity contribution is -0.137. The van der Waals surface area contributed by atoms with Gasteiger partial charge in [-0.15, -0.1) is 0 Å². The number of hydrogen-bond donors (Lipinski definition) is 1. The Morgan fingerprint density at radius 3 is 2.20 bits per heavy atom. The van der Waals surface area contributed by atoms with Gasteiger partial charge < -0.3 is 5.32 Å². The van der Waals surface area contributed by atoms with Gasteiger partial charge in [0, 0.05) is 12.7 Å². The lowest BCUT2D eigenvalue weighted by Gasteiger charge is -2.06. The minimum absolute atomic E-state index is 0.470. The SMILES string of the molecule is CC.CNCc1ccc(C(F)(F)F)cn1. The molecule has 0 atom stereocenters. The summed E-state index contributed by atoms with van der Waals surface area (Å²) in [6.07, 6.45) is -3.46.